The molecule has 0 bridgehead atoms. The Balaban J connectivity index is 1.69. The van der Waals surface area contributed by atoms with Crippen molar-refractivity contribution < 1.29 is 9.90 Å². The fourth-order valence-corrected chi connectivity index (χ4v) is 2.61. The van der Waals surface area contributed by atoms with Crippen LogP contribution in [0.2, 0.25) is 0 Å². The highest BCUT2D eigenvalue weighted by Gasteiger charge is 2.15. The van der Waals surface area contributed by atoms with Gasteiger partial charge >= 0.3 is 6.03 Å². The number of rotatable bonds is 5. The van der Waals surface area contributed by atoms with Crippen molar-refractivity contribution in [3.63, 3.8) is 0 Å². The van der Waals surface area contributed by atoms with Gasteiger partial charge in [0.25, 0.3) is 0 Å². The number of carbonyl (C=O) groups excluding carboxylic acids is 1. The summed E-state index contributed by atoms with van der Waals surface area (Å²) in [5, 5.41) is 15.2. The Kier molecular flexibility index (Phi) is 5.41. The molecule has 0 saturated heterocycles. The van der Waals surface area contributed by atoms with Crippen LogP contribution >= 0.6 is 0 Å². The van der Waals surface area contributed by atoms with E-state index in [1.807, 2.05) is 24.3 Å². The SMILES string of the molecule is C[C@H](O)c1ccc(CNC(=O)NCC2CCCC2)cc1. The molecule has 0 radical (unpaired) electrons. The highest BCUT2D eigenvalue weighted by molar-refractivity contribution is 5.73. The lowest BCUT2D eigenvalue weighted by Crippen LogP contribution is -2.37. The highest BCUT2D eigenvalue weighted by Crippen LogP contribution is 2.23. The molecule has 1 aromatic rings. The zero-order valence-corrected chi connectivity index (χ0v) is 12.1. The first-order chi connectivity index (χ1) is 9.65. The number of nitrogens with one attached hydrogen (secondary N) is 2. The van der Waals surface area contributed by atoms with Crippen LogP contribution in [0.15, 0.2) is 24.3 Å². The standard InChI is InChI=1S/C16H24N2O2/c1-12(19)15-8-6-14(7-9-15)11-18-16(20)17-10-13-4-2-3-5-13/h6-9,12-13,19H,2-5,10-11H2,1H3,(H2,17,18,20)/t12-/m0/s1. The molecule has 1 aromatic carbocycles. The number of aliphatic hydroxyl groups excluding tert-OH is 1. The molecule has 110 valence electrons. The molecule has 3 N–H and O–H groups in total. The largest absolute Gasteiger partial charge is 0.389 e. The third-order valence-electron chi connectivity index (χ3n) is 3.94. The second-order valence-corrected chi connectivity index (χ2v) is 5.63. The van der Waals surface area contributed by atoms with Crippen molar-refractivity contribution in [1.29, 1.82) is 0 Å². The Bertz CT molecular complexity index is 423. The number of benzene rings is 1. The molecule has 1 saturated carbocycles. The topological polar surface area (TPSA) is 61.4 Å². The summed E-state index contributed by atoms with van der Waals surface area (Å²) in [6, 6.07) is 7.53. The molecular formula is C16H24N2O2. The van der Waals surface area contributed by atoms with Crippen LogP contribution in [0.4, 0.5) is 4.79 Å². The Morgan fingerprint density at radius 3 is 2.50 bits per heavy atom. The zero-order chi connectivity index (χ0) is 14.4. The van der Waals surface area contributed by atoms with Crippen LogP contribution in [0.5, 0.6) is 0 Å². The van der Waals surface area contributed by atoms with E-state index in [0.29, 0.717) is 12.5 Å². The van der Waals surface area contributed by atoms with E-state index in [0.717, 1.165) is 17.7 Å². The number of amides is 2. The Morgan fingerprint density at radius 1 is 1.25 bits per heavy atom. The molecule has 4 nitrogen and oxygen atoms in total. The van der Waals surface area contributed by atoms with E-state index in [-0.39, 0.29) is 6.03 Å². The Morgan fingerprint density at radius 2 is 1.90 bits per heavy atom. The summed E-state index contributed by atoms with van der Waals surface area (Å²) in [6.07, 6.45) is 4.61. The summed E-state index contributed by atoms with van der Waals surface area (Å²) < 4.78 is 0. The van der Waals surface area contributed by atoms with Gasteiger partial charge in [-0.15, -0.1) is 0 Å². The van der Waals surface area contributed by atoms with Gasteiger partial charge in [0.15, 0.2) is 0 Å². The fourth-order valence-electron chi connectivity index (χ4n) is 2.61. The van der Waals surface area contributed by atoms with Gasteiger partial charge < -0.3 is 15.7 Å². The zero-order valence-electron chi connectivity index (χ0n) is 12.1. The van der Waals surface area contributed by atoms with E-state index in [1.165, 1.54) is 25.7 Å². The summed E-state index contributed by atoms with van der Waals surface area (Å²) in [5.41, 5.74) is 1.92. The molecule has 4 heteroatoms. The number of aliphatic hydroxyl groups is 1. The molecule has 2 amide bonds. The van der Waals surface area contributed by atoms with Crippen molar-refractivity contribution in [2.75, 3.05) is 6.54 Å². The first kappa shape index (κ1) is 14.9. The molecule has 0 unspecified atom stereocenters. The molecule has 0 spiro atoms. The van der Waals surface area contributed by atoms with Gasteiger partial charge in [0, 0.05) is 13.1 Å². The maximum Gasteiger partial charge on any atom is 0.315 e. The van der Waals surface area contributed by atoms with Gasteiger partial charge in [-0.1, -0.05) is 37.1 Å². The predicted molar refractivity (Wildman–Crippen MR) is 79.3 cm³/mol. The summed E-state index contributed by atoms with van der Waals surface area (Å²) in [4.78, 5) is 11.7. The first-order valence-electron chi connectivity index (χ1n) is 7.44. The van der Waals surface area contributed by atoms with Crippen molar-refractivity contribution in [2.24, 2.45) is 5.92 Å². The first-order valence-corrected chi connectivity index (χ1v) is 7.44. The lowest BCUT2D eigenvalue weighted by atomic mass is 10.1. The van der Waals surface area contributed by atoms with Gasteiger partial charge in [-0.25, -0.2) is 4.79 Å². The van der Waals surface area contributed by atoms with Gasteiger partial charge in [0.2, 0.25) is 0 Å². The third-order valence-corrected chi connectivity index (χ3v) is 3.94. The molecule has 20 heavy (non-hydrogen) atoms. The second kappa shape index (κ2) is 7.29. The van der Waals surface area contributed by atoms with Crippen LogP contribution in [0.25, 0.3) is 0 Å². The third kappa shape index (κ3) is 4.53. The second-order valence-electron chi connectivity index (χ2n) is 5.63. The molecule has 1 fully saturated rings. The van der Waals surface area contributed by atoms with Crippen molar-refractivity contribution in [2.45, 2.75) is 45.3 Å². The highest BCUT2D eigenvalue weighted by atomic mass is 16.3. The van der Waals surface area contributed by atoms with E-state index in [9.17, 15) is 9.90 Å². The molecule has 0 aliphatic heterocycles. The minimum Gasteiger partial charge on any atom is -0.389 e. The van der Waals surface area contributed by atoms with Gasteiger partial charge in [0.05, 0.1) is 6.10 Å². The molecule has 0 heterocycles. The van der Waals surface area contributed by atoms with Crippen molar-refractivity contribution >= 4 is 6.03 Å². The lowest BCUT2D eigenvalue weighted by molar-refractivity contribution is 0.199. The Hall–Kier alpha value is -1.55. The van der Waals surface area contributed by atoms with Crippen molar-refractivity contribution in [3.05, 3.63) is 35.4 Å². The van der Waals surface area contributed by atoms with E-state index >= 15 is 0 Å². The van der Waals surface area contributed by atoms with Crippen LogP contribution in [-0.2, 0) is 6.54 Å². The summed E-state index contributed by atoms with van der Waals surface area (Å²) >= 11 is 0. The Labute approximate surface area is 120 Å². The van der Waals surface area contributed by atoms with Gasteiger partial charge in [0.1, 0.15) is 0 Å². The monoisotopic (exact) mass is 276 g/mol. The molecule has 1 aliphatic carbocycles. The number of hydrogen-bond acceptors (Lipinski definition) is 2. The van der Waals surface area contributed by atoms with Crippen LogP contribution in [0, 0.1) is 5.92 Å². The van der Waals surface area contributed by atoms with E-state index in [2.05, 4.69) is 10.6 Å². The average Bonchev–Trinajstić information content (AvgIpc) is 2.96. The summed E-state index contributed by atoms with van der Waals surface area (Å²) in [6.45, 7) is 3.03. The number of hydrogen-bond donors (Lipinski definition) is 3. The molecule has 2 rings (SSSR count). The normalized spacial score (nSPS) is 16.9. The van der Waals surface area contributed by atoms with Crippen molar-refractivity contribution in [1.82, 2.24) is 10.6 Å². The smallest absolute Gasteiger partial charge is 0.315 e. The van der Waals surface area contributed by atoms with Crippen LogP contribution in [0.1, 0.15) is 49.8 Å². The molecule has 0 aromatic heterocycles. The predicted octanol–water partition coefficient (Wildman–Crippen LogP) is 2.73. The van der Waals surface area contributed by atoms with Crippen molar-refractivity contribution in [3.8, 4) is 0 Å². The van der Waals surface area contributed by atoms with E-state index in [4.69, 9.17) is 0 Å². The minimum atomic E-state index is -0.452. The fraction of sp³-hybridized carbons (Fsp3) is 0.562. The van der Waals surface area contributed by atoms with Crippen LogP contribution in [0.3, 0.4) is 0 Å². The summed E-state index contributed by atoms with van der Waals surface area (Å²) in [5.74, 6) is 0.658. The molecule has 1 atom stereocenters. The maximum atomic E-state index is 11.7. The van der Waals surface area contributed by atoms with Gasteiger partial charge in [-0.3, -0.25) is 0 Å². The quantitative estimate of drug-likeness (QED) is 0.774. The average molecular weight is 276 g/mol. The molecular weight excluding hydrogens is 252 g/mol. The number of carbonyl (C=O) groups is 1. The summed E-state index contributed by atoms with van der Waals surface area (Å²) in [7, 11) is 0. The number of urea groups is 1. The van der Waals surface area contributed by atoms with Crippen LogP contribution < -0.4 is 10.6 Å². The van der Waals surface area contributed by atoms with E-state index in [1.54, 1.807) is 6.92 Å². The van der Waals surface area contributed by atoms with Gasteiger partial charge in [-0.2, -0.15) is 0 Å². The van der Waals surface area contributed by atoms with E-state index < -0.39 is 6.10 Å². The maximum absolute atomic E-state index is 11.7. The van der Waals surface area contributed by atoms with Crippen LogP contribution in [-0.4, -0.2) is 17.7 Å². The lowest BCUT2D eigenvalue weighted by Gasteiger charge is -2.12. The molecule has 1 aliphatic rings. The minimum absolute atomic E-state index is 0.100. The van der Waals surface area contributed by atoms with Gasteiger partial charge in [-0.05, 0) is 36.8 Å².